The third kappa shape index (κ3) is 1.62. The van der Waals surface area contributed by atoms with Crippen molar-refractivity contribution in [2.45, 2.75) is 19.4 Å². The Balaban J connectivity index is 2.39. The molecule has 10 heavy (non-hydrogen) atoms. The molecule has 0 saturated carbocycles. The molecule has 4 nitrogen and oxygen atoms in total. The molecule has 1 N–H and O–H groups in total. The highest BCUT2D eigenvalue weighted by Gasteiger charge is 2.19. The average molecular weight is 140 g/mol. The van der Waals surface area contributed by atoms with Crippen molar-refractivity contribution in [2.75, 3.05) is 13.1 Å². The molecule has 0 aromatic rings. The second kappa shape index (κ2) is 3.44. The number of nitrogens with zero attached hydrogens (tertiary/aromatic N) is 3. The number of nitrogens with one attached hydrogen (secondary N) is 1. The maximum Gasteiger partial charge on any atom is 0.0386 e. The Bertz CT molecular complexity index is 144. The van der Waals surface area contributed by atoms with Crippen molar-refractivity contribution in [3.63, 3.8) is 0 Å². The molecule has 2 atom stereocenters. The van der Waals surface area contributed by atoms with Gasteiger partial charge in [0.25, 0.3) is 0 Å². The minimum absolute atomic E-state index is 0.153. The second-order valence-electron chi connectivity index (χ2n) is 2.70. The van der Waals surface area contributed by atoms with Gasteiger partial charge in [0.2, 0.25) is 0 Å². The van der Waals surface area contributed by atoms with Crippen LogP contribution in [-0.2, 0) is 0 Å². The molecule has 56 valence electrons. The summed E-state index contributed by atoms with van der Waals surface area (Å²) in [4.78, 5) is 2.78. The summed E-state index contributed by atoms with van der Waals surface area (Å²) in [5, 5.41) is 6.88. The van der Waals surface area contributed by atoms with Gasteiger partial charge in [-0.1, -0.05) is 12.0 Å². The average Bonchev–Trinajstić information content (AvgIpc) is 2.38. The fourth-order valence-corrected chi connectivity index (χ4v) is 1.26. The van der Waals surface area contributed by atoms with Gasteiger partial charge in [0.1, 0.15) is 0 Å². The van der Waals surface area contributed by atoms with Gasteiger partial charge >= 0.3 is 0 Å². The number of hydrogen-bond acceptors (Lipinski definition) is 2. The van der Waals surface area contributed by atoms with Gasteiger partial charge in [-0.3, -0.25) is 0 Å². The highest BCUT2D eigenvalue weighted by atomic mass is 15.2. The van der Waals surface area contributed by atoms with E-state index in [1.807, 2.05) is 6.92 Å². The zero-order valence-electron chi connectivity index (χ0n) is 6.12. The Morgan fingerprint density at radius 3 is 3.10 bits per heavy atom. The molecule has 1 fully saturated rings. The maximum absolute atomic E-state index is 8.13. The van der Waals surface area contributed by atoms with Crippen molar-refractivity contribution in [3.8, 4) is 0 Å². The van der Waals surface area contributed by atoms with Crippen LogP contribution >= 0.6 is 0 Å². The minimum atomic E-state index is 0.153. The zero-order chi connectivity index (χ0) is 7.40. The van der Waals surface area contributed by atoms with Crippen LogP contribution in [-0.4, -0.2) is 19.1 Å². The summed E-state index contributed by atoms with van der Waals surface area (Å²) >= 11 is 0. The van der Waals surface area contributed by atoms with Crippen molar-refractivity contribution in [2.24, 2.45) is 11.0 Å². The summed E-state index contributed by atoms with van der Waals surface area (Å²) < 4.78 is 0. The van der Waals surface area contributed by atoms with Crippen molar-refractivity contribution in [3.05, 3.63) is 10.4 Å². The highest BCUT2D eigenvalue weighted by molar-refractivity contribution is 4.79. The predicted octanol–water partition coefficient (Wildman–Crippen LogP) is 1.29. The molecular weight excluding hydrogens is 128 g/mol. The lowest BCUT2D eigenvalue weighted by atomic mass is 10.0. The first-order valence-corrected chi connectivity index (χ1v) is 3.59. The Kier molecular flexibility index (Phi) is 2.54. The molecule has 1 rings (SSSR count). The van der Waals surface area contributed by atoms with Gasteiger partial charge in [0.15, 0.2) is 0 Å². The number of azide groups is 1. The first-order chi connectivity index (χ1) is 4.84. The van der Waals surface area contributed by atoms with E-state index in [9.17, 15) is 0 Å². The van der Waals surface area contributed by atoms with Crippen LogP contribution in [0.2, 0.25) is 0 Å². The first-order valence-electron chi connectivity index (χ1n) is 3.59. The predicted molar refractivity (Wildman–Crippen MR) is 39.6 cm³/mol. The van der Waals surface area contributed by atoms with Crippen LogP contribution in [0.1, 0.15) is 13.3 Å². The van der Waals surface area contributed by atoms with Crippen molar-refractivity contribution in [1.29, 1.82) is 0 Å². The van der Waals surface area contributed by atoms with E-state index in [0.717, 1.165) is 19.5 Å². The van der Waals surface area contributed by atoms with Crippen LogP contribution in [0.15, 0.2) is 5.11 Å². The summed E-state index contributed by atoms with van der Waals surface area (Å²) in [7, 11) is 0. The molecule has 0 aromatic carbocycles. The monoisotopic (exact) mass is 140 g/mol. The van der Waals surface area contributed by atoms with E-state index in [0.29, 0.717) is 5.92 Å². The number of rotatable bonds is 2. The van der Waals surface area contributed by atoms with E-state index < -0.39 is 0 Å². The molecule has 1 aliphatic heterocycles. The number of hydrogen-bond donors (Lipinski definition) is 1. The Labute approximate surface area is 60.2 Å². The van der Waals surface area contributed by atoms with E-state index in [1.165, 1.54) is 0 Å². The molecule has 0 amide bonds. The third-order valence-electron chi connectivity index (χ3n) is 2.01. The fraction of sp³-hybridized carbons (Fsp3) is 1.00. The molecule has 0 aromatic heterocycles. The second-order valence-corrected chi connectivity index (χ2v) is 2.70. The summed E-state index contributed by atoms with van der Waals surface area (Å²) in [6, 6.07) is 0.153. The standard InChI is InChI=1S/C6H12N4/c1-5(9-10-7)6-2-3-8-4-6/h5-6,8H,2-4H2,1H3/t5-,6?/m1/s1. The van der Waals surface area contributed by atoms with Gasteiger partial charge in [0.05, 0.1) is 0 Å². The van der Waals surface area contributed by atoms with Gasteiger partial charge < -0.3 is 5.32 Å². The lowest BCUT2D eigenvalue weighted by Crippen LogP contribution is -2.17. The van der Waals surface area contributed by atoms with E-state index in [-0.39, 0.29) is 6.04 Å². The van der Waals surface area contributed by atoms with Crippen molar-refractivity contribution in [1.82, 2.24) is 5.32 Å². The van der Waals surface area contributed by atoms with Crippen LogP contribution in [0.4, 0.5) is 0 Å². The van der Waals surface area contributed by atoms with E-state index in [1.54, 1.807) is 0 Å². The summed E-state index contributed by atoms with van der Waals surface area (Å²) in [6.45, 7) is 4.04. The summed E-state index contributed by atoms with van der Waals surface area (Å²) in [5.41, 5.74) is 8.13. The third-order valence-corrected chi connectivity index (χ3v) is 2.01. The quantitative estimate of drug-likeness (QED) is 0.350. The lowest BCUT2D eigenvalue weighted by molar-refractivity contribution is 0.482. The zero-order valence-corrected chi connectivity index (χ0v) is 6.12. The molecule has 1 unspecified atom stereocenters. The van der Waals surface area contributed by atoms with E-state index in [2.05, 4.69) is 15.3 Å². The van der Waals surface area contributed by atoms with Gasteiger partial charge in [-0.2, -0.15) is 0 Å². The highest BCUT2D eigenvalue weighted by Crippen LogP contribution is 2.14. The van der Waals surface area contributed by atoms with Crippen LogP contribution in [0.25, 0.3) is 10.4 Å². The maximum atomic E-state index is 8.13. The van der Waals surface area contributed by atoms with Crippen molar-refractivity contribution < 1.29 is 0 Å². The molecule has 1 saturated heterocycles. The van der Waals surface area contributed by atoms with Gasteiger partial charge in [0, 0.05) is 11.0 Å². The first kappa shape index (κ1) is 7.38. The molecular formula is C6H12N4. The normalized spacial score (nSPS) is 27.5. The molecule has 0 spiro atoms. The van der Waals surface area contributed by atoms with E-state index in [4.69, 9.17) is 5.53 Å². The Hall–Kier alpha value is -0.730. The largest absolute Gasteiger partial charge is 0.316 e. The van der Waals surface area contributed by atoms with Crippen LogP contribution in [0, 0.1) is 5.92 Å². The topological polar surface area (TPSA) is 60.8 Å². The molecule has 4 heteroatoms. The van der Waals surface area contributed by atoms with Crippen molar-refractivity contribution >= 4 is 0 Å². The Morgan fingerprint density at radius 1 is 1.80 bits per heavy atom. The van der Waals surface area contributed by atoms with Gasteiger partial charge in [-0.25, -0.2) is 0 Å². The molecule has 1 aliphatic rings. The summed E-state index contributed by atoms with van der Waals surface area (Å²) in [5.74, 6) is 0.552. The van der Waals surface area contributed by atoms with Gasteiger partial charge in [-0.05, 0) is 31.0 Å². The SMILES string of the molecule is C[C@@H](N=[N+]=[N-])C1CCNC1. The fourth-order valence-electron chi connectivity index (χ4n) is 1.26. The Morgan fingerprint density at radius 2 is 2.60 bits per heavy atom. The summed E-state index contributed by atoms with van der Waals surface area (Å²) in [6.07, 6.45) is 1.14. The van der Waals surface area contributed by atoms with Crippen LogP contribution in [0.3, 0.4) is 0 Å². The molecule has 0 radical (unpaired) electrons. The molecule has 0 bridgehead atoms. The van der Waals surface area contributed by atoms with E-state index >= 15 is 0 Å². The smallest absolute Gasteiger partial charge is 0.0386 e. The minimum Gasteiger partial charge on any atom is -0.316 e. The lowest BCUT2D eigenvalue weighted by Gasteiger charge is -2.10. The molecule has 1 heterocycles. The van der Waals surface area contributed by atoms with Crippen LogP contribution < -0.4 is 5.32 Å². The molecule has 0 aliphatic carbocycles. The van der Waals surface area contributed by atoms with Crippen LogP contribution in [0.5, 0.6) is 0 Å². The van der Waals surface area contributed by atoms with Gasteiger partial charge in [-0.15, -0.1) is 0 Å².